The average molecular weight is 255 g/mol. The monoisotopic (exact) mass is 255 g/mol. The molecule has 0 amide bonds. The molecule has 19 heavy (non-hydrogen) atoms. The number of imidazole rings is 1. The maximum Gasteiger partial charge on any atom is 0.143 e. The maximum absolute atomic E-state index is 9.23. The maximum atomic E-state index is 9.23. The summed E-state index contributed by atoms with van der Waals surface area (Å²) in [6.45, 7) is 0.351. The van der Waals surface area contributed by atoms with Gasteiger partial charge >= 0.3 is 0 Å². The van der Waals surface area contributed by atoms with Crippen molar-refractivity contribution in [3.8, 4) is 5.75 Å². The number of aliphatic hydroxyl groups excluding tert-OH is 1. The summed E-state index contributed by atoms with van der Waals surface area (Å²) in [6, 6.07) is 5.68. The van der Waals surface area contributed by atoms with Crippen molar-refractivity contribution in [3.05, 3.63) is 60.4 Å². The van der Waals surface area contributed by atoms with Gasteiger partial charge in [-0.1, -0.05) is 6.07 Å². The van der Waals surface area contributed by atoms with Crippen LogP contribution in [0.15, 0.2) is 49.3 Å². The zero-order valence-corrected chi connectivity index (χ0v) is 10.2. The fraction of sp³-hybridized carbons (Fsp3) is 0.143. The van der Waals surface area contributed by atoms with Gasteiger partial charge in [-0.25, -0.2) is 4.98 Å². The Labute approximate surface area is 110 Å². The van der Waals surface area contributed by atoms with Gasteiger partial charge in [-0.05, 0) is 12.1 Å². The minimum absolute atomic E-state index is 0.0608. The Bertz CT molecular complexity index is 694. The standard InChI is InChI=1S/C14H13N3O2/c18-8-11-3-4-15-7-14(11)19-9-12-2-1-5-17-10-16-6-13(12)17/h1-7,10,18H,8-9H2. The van der Waals surface area contributed by atoms with E-state index in [1.807, 2.05) is 22.7 Å². The minimum Gasteiger partial charge on any atom is -0.487 e. The van der Waals surface area contributed by atoms with Gasteiger partial charge in [-0.3, -0.25) is 4.98 Å². The molecule has 0 bridgehead atoms. The van der Waals surface area contributed by atoms with E-state index in [-0.39, 0.29) is 6.61 Å². The molecular formula is C14H13N3O2. The second-order valence-electron chi connectivity index (χ2n) is 4.15. The minimum atomic E-state index is -0.0608. The van der Waals surface area contributed by atoms with Gasteiger partial charge in [0.2, 0.25) is 0 Å². The number of hydrogen-bond acceptors (Lipinski definition) is 4. The van der Waals surface area contributed by atoms with Crippen LogP contribution in [0, 0.1) is 0 Å². The molecule has 0 atom stereocenters. The number of aliphatic hydroxyl groups is 1. The molecule has 3 aromatic heterocycles. The van der Waals surface area contributed by atoms with E-state index in [2.05, 4.69) is 9.97 Å². The van der Waals surface area contributed by atoms with E-state index in [1.54, 1.807) is 31.0 Å². The van der Waals surface area contributed by atoms with Gasteiger partial charge in [0.25, 0.3) is 0 Å². The lowest BCUT2D eigenvalue weighted by atomic mass is 10.2. The van der Waals surface area contributed by atoms with Crippen LogP contribution in [0.5, 0.6) is 5.75 Å². The van der Waals surface area contributed by atoms with Crippen LogP contribution in [-0.4, -0.2) is 19.5 Å². The predicted octanol–water partition coefficient (Wildman–Crippen LogP) is 1.80. The third-order valence-electron chi connectivity index (χ3n) is 2.96. The van der Waals surface area contributed by atoms with E-state index < -0.39 is 0 Å². The SMILES string of the molecule is OCc1ccncc1OCc1cccn2cncc12. The summed E-state index contributed by atoms with van der Waals surface area (Å²) in [5.74, 6) is 0.603. The van der Waals surface area contributed by atoms with E-state index >= 15 is 0 Å². The van der Waals surface area contributed by atoms with Crippen molar-refractivity contribution in [2.24, 2.45) is 0 Å². The number of fused-ring (bicyclic) bond motifs is 1. The van der Waals surface area contributed by atoms with Crippen molar-refractivity contribution in [3.63, 3.8) is 0 Å². The largest absolute Gasteiger partial charge is 0.487 e. The van der Waals surface area contributed by atoms with E-state index in [4.69, 9.17) is 4.74 Å². The van der Waals surface area contributed by atoms with Crippen LogP contribution in [0.25, 0.3) is 5.52 Å². The van der Waals surface area contributed by atoms with Crippen molar-refractivity contribution in [2.75, 3.05) is 0 Å². The first kappa shape index (κ1) is 11.7. The Balaban J connectivity index is 1.84. The topological polar surface area (TPSA) is 59.7 Å². The van der Waals surface area contributed by atoms with Crippen molar-refractivity contribution in [1.82, 2.24) is 14.4 Å². The highest BCUT2D eigenvalue weighted by molar-refractivity contribution is 5.52. The fourth-order valence-electron chi connectivity index (χ4n) is 1.96. The number of rotatable bonds is 4. The Morgan fingerprint density at radius 1 is 1.16 bits per heavy atom. The second-order valence-corrected chi connectivity index (χ2v) is 4.15. The fourth-order valence-corrected chi connectivity index (χ4v) is 1.96. The quantitative estimate of drug-likeness (QED) is 0.772. The van der Waals surface area contributed by atoms with Gasteiger partial charge in [0.1, 0.15) is 12.4 Å². The summed E-state index contributed by atoms with van der Waals surface area (Å²) >= 11 is 0. The number of aromatic nitrogens is 3. The molecule has 0 saturated carbocycles. The van der Waals surface area contributed by atoms with Gasteiger partial charge in [-0.15, -0.1) is 0 Å². The van der Waals surface area contributed by atoms with Crippen LogP contribution in [0.1, 0.15) is 11.1 Å². The van der Waals surface area contributed by atoms with E-state index in [0.717, 1.165) is 16.6 Å². The third kappa shape index (κ3) is 2.28. The van der Waals surface area contributed by atoms with Crippen molar-refractivity contribution in [2.45, 2.75) is 13.2 Å². The third-order valence-corrected chi connectivity index (χ3v) is 2.96. The van der Waals surface area contributed by atoms with Gasteiger partial charge in [0.05, 0.1) is 30.8 Å². The summed E-state index contributed by atoms with van der Waals surface area (Å²) in [5.41, 5.74) is 2.78. The summed E-state index contributed by atoms with van der Waals surface area (Å²) < 4.78 is 7.67. The first-order valence-electron chi connectivity index (χ1n) is 5.94. The predicted molar refractivity (Wildman–Crippen MR) is 69.7 cm³/mol. The summed E-state index contributed by atoms with van der Waals surface area (Å²) in [4.78, 5) is 8.11. The van der Waals surface area contributed by atoms with Gasteiger partial charge in [-0.2, -0.15) is 0 Å². The molecule has 0 aliphatic heterocycles. The van der Waals surface area contributed by atoms with E-state index in [0.29, 0.717) is 12.4 Å². The smallest absolute Gasteiger partial charge is 0.143 e. The van der Waals surface area contributed by atoms with Crippen LogP contribution in [0.2, 0.25) is 0 Å². The lowest BCUT2D eigenvalue weighted by Gasteiger charge is -2.10. The Morgan fingerprint density at radius 2 is 2.11 bits per heavy atom. The Morgan fingerprint density at radius 3 is 3.00 bits per heavy atom. The van der Waals surface area contributed by atoms with Gasteiger partial charge in [0.15, 0.2) is 0 Å². The molecule has 0 aliphatic rings. The highest BCUT2D eigenvalue weighted by Gasteiger charge is 2.05. The van der Waals surface area contributed by atoms with E-state index in [9.17, 15) is 5.11 Å². The number of hydrogen-bond donors (Lipinski definition) is 1. The molecule has 3 rings (SSSR count). The average Bonchev–Trinajstić information content (AvgIpc) is 2.94. The van der Waals surface area contributed by atoms with Crippen molar-refractivity contribution in [1.29, 1.82) is 0 Å². The van der Waals surface area contributed by atoms with Crippen LogP contribution in [0.3, 0.4) is 0 Å². The molecule has 0 saturated heterocycles. The molecule has 0 aliphatic carbocycles. The molecule has 0 aromatic carbocycles. The van der Waals surface area contributed by atoms with Crippen LogP contribution < -0.4 is 4.74 Å². The molecule has 0 spiro atoms. The summed E-state index contributed by atoms with van der Waals surface area (Å²) in [6.07, 6.45) is 8.74. The zero-order valence-electron chi connectivity index (χ0n) is 10.2. The lowest BCUT2D eigenvalue weighted by Crippen LogP contribution is -2.00. The van der Waals surface area contributed by atoms with E-state index in [1.165, 1.54) is 0 Å². The normalized spacial score (nSPS) is 10.8. The number of pyridine rings is 2. The Hall–Kier alpha value is -2.40. The molecule has 0 fully saturated rings. The summed E-state index contributed by atoms with van der Waals surface area (Å²) in [5, 5.41) is 9.23. The first-order chi connectivity index (χ1) is 9.38. The summed E-state index contributed by atoms with van der Waals surface area (Å²) in [7, 11) is 0. The molecule has 1 N–H and O–H groups in total. The van der Waals surface area contributed by atoms with Crippen molar-refractivity contribution >= 4 is 5.52 Å². The molecule has 96 valence electrons. The zero-order chi connectivity index (χ0) is 13.1. The molecule has 0 radical (unpaired) electrons. The highest BCUT2D eigenvalue weighted by Crippen LogP contribution is 2.19. The van der Waals surface area contributed by atoms with Crippen LogP contribution >= 0.6 is 0 Å². The number of nitrogens with zero attached hydrogens (tertiary/aromatic N) is 3. The molecule has 5 heteroatoms. The molecule has 3 aromatic rings. The molecular weight excluding hydrogens is 242 g/mol. The second kappa shape index (κ2) is 5.07. The van der Waals surface area contributed by atoms with Crippen molar-refractivity contribution < 1.29 is 9.84 Å². The van der Waals surface area contributed by atoms with Gasteiger partial charge in [0, 0.05) is 23.5 Å². The van der Waals surface area contributed by atoms with Gasteiger partial charge < -0.3 is 14.2 Å². The molecule has 3 heterocycles. The molecule has 0 unspecified atom stereocenters. The Kier molecular flexibility index (Phi) is 3.12. The lowest BCUT2D eigenvalue weighted by molar-refractivity contribution is 0.258. The van der Waals surface area contributed by atoms with Crippen LogP contribution in [-0.2, 0) is 13.2 Å². The van der Waals surface area contributed by atoms with Crippen LogP contribution in [0.4, 0.5) is 0 Å². The highest BCUT2D eigenvalue weighted by atomic mass is 16.5. The molecule has 5 nitrogen and oxygen atoms in total. The number of ether oxygens (including phenoxy) is 1. The first-order valence-corrected chi connectivity index (χ1v) is 5.94.